The number of hydrogen-bond acceptors (Lipinski definition) is 3. The monoisotopic (exact) mass is 194 g/mol. The summed E-state index contributed by atoms with van der Waals surface area (Å²) < 4.78 is 0. The molecular formula is C10H18N4. The third-order valence-electron chi connectivity index (χ3n) is 2.49. The van der Waals surface area contributed by atoms with E-state index in [-0.39, 0.29) is 0 Å². The van der Waals surface area contributed by atoms with Crippen molar-refractivity contribution in [3.63, 3.8) is 0 Å². The van der Waals surface area contributed by atoms with Gasteiger partial charge in [-0.1, -0.05) is 0 Å². The van der Waals surface area contributed by atoms with Crippen LogP contribution >= 0.6 is 0 Å². The van der Waals surface area contributed by atoms with E-state index in [1.165, 1.54) is 12.8 Å². The molecule has 1 saturated carbocycles. The Balaban J connectivity index is 1.59. The number of aromatic amines is 1. The summed E-state index contributed by atoms with van der Waals surface area (Å²) in [4.78, 5) is 7.05. The quantitative estimate of drug-likeness (QED) is 0.623. The minimum atomic E-state index is 0.513. The molecule has 4 nitrogen and oxygen atoms in total. The van der Waals surface area contributed by atoms with Crippen molar-refractivity contribution in [2.45, 2.75) is 38.4 Å². The maximum Gasteiger partial charge on any atom is 0.0922 e. The molecule has 1 heterocycles. The van der Waals surface area contributed by atoms with Crippen molar-refractivity contribution < 1.29 is 0 Å². The topological polar surface area (TPSA) is 52.7 Å². The Kier molecular flexibility index (Phi) is 3.16. The molecular weight excluding hydrogens is 176 g/mol. The molecule has 0 radical (unpaired) electrons. The highest BCUT2D eigenvalue weighted by molar-refractivity contribution is 4.93. The van der Waals surface area contributed by atoms with Gasteiger partial charge in [0.25, 0.3) is 0 Å². The summed E-state index contributed by atoms with van der Waals surface area (Å²) in [7, 11) is 0. The van der Waals surface area contributed by atoms with Crippen molar-refractivity contribution in [3.05, 3.63) is 18.2 Å². The van der Waals surface area contributed by atoms with Crippen LogP contribution in [-0.2, 0) is 6.54 Å². The highest BCUT2D eigenvalue weighted by Crippen LogP contribution is 2.18. The molecule has 1 aromatic heterocycles. The maximum absolute atomic E-state index is 3.97. The summed E-state index contributed by atoms with van der Waals surface area (Å²) in [5.41, 5.74) is 1.14. The van der Waals surface area contributed by atoms with E-state index in [0.717, 1.165) is 24.8 Å². The van der Waals surface area contributed by atoms with Crippen LogP contribution in [0.15, 0.2) is 12.5 Å². The molecule has 1 fully saturated rings. The van der Waals surface area contributed by atoms with Crippen LogP contribution < -0.4 is 10.6 Å². The largest absolute Gasteiger partial charge is 0.347 e. The van der Waals surface area contributed by atoms with E-state index < -0.39 is 0 Å². The SMILES string of the molecule is CC(CNC1CC1)NCc1cnc[nH]1. The van der Waals surface area contributed by atoms with Gasteiger partial charge in [-0.15, -0.1) is 0 Å². The molecule has 1 aliphatic rings. The van der Waals surface area contributed by atoms with Crippen LogP contribution in [0.2, 0.25) is 0 Å². The molecule has 2 rings (SSSR count). The van der Waals surface area contributed by atoms with E-state index in [1.807, 2.05) is 6.20 Å². The molecule has 0 saturated heterocycles. The van der Waals surface area contributed by atoms with Crippen molar-refractivity contribution in [1.29, 1.82) is 0 Å². The van der Waals surface area contributed by atoms with Crippen LogP contribution in [0.25, 0.3) is 0 Å². The van der Waals surface area contributed by atoms with E-state index in [4.69, 9.17) is 0 Å². The van der Waals surface area contributed by atoms with Crippen molar-refractivity contribution in [2.24, 2.45) is 0 Å². The molecule has 1 aromatic rings. The zero-order chi connectivity index (χ0) is 9.80. The molecule has 0 spiro atoms. The Hall–Kier alpha value is -0.870. The van der Waals surface area contributed by atoms with Gasteiger partial charge in [0.1, 0.15) is 0 Å². The summed E-state index contributed by atoms with van der Waals surface area (Å²) in [6, 6.07) is 1.31. The number of imidazole rings is 1. The van der Waals surface area contributed by atoms with E-state index in [2.05, 4.69) is 27.5 Å². The van der Waals surface area contributed by atoms with Gasteiger partial charge < -0.3 is 15.6 Å². The van der Waals surface area contributed by atoms with E-state index in [9.17, 15) is 0 Å². The van der Waals surface area contributed by atoms with E-state index in [0.29, 0.717) is 6.04 Å². The van der Waals surface area contributed by atoms with E-state index in [1.54, 1.807) is 6.33 Å². The summed E-state index contributed by atoms with van der Waals surface area (Å²) >= 11 is 0. The van der Waals surface area contributed by atoms with Gasteiger partial charge in [0.05, 0.1) is 6.33 Å². The number of aromatic nitrogens is 2. The highest BCUT2D eigenvalue weighted by Gasteiger charge is 2.20. The first-order chi connectivity index (χ1) is 6.84. The molecule has 0 aromatic carbocycles. The van der Waals surface area contributed by atoms with Gasteiger partial charge in [-0.05, 0) is 19.8 Å². The summed E-state index contributed by atoms with van der Waals surface area (Å²) in [5.74, 6) is 0. The molecule has 1 aliphatic carbocycles. The lowest BCUT2D eigenvalue weighted by Crippen LogP contribution is -2.36. The maximum atomic E-state index is 3.97. The van der Waals surface area contributed by atoms with Crippen LogP contribution in [0.1, 0.15) is 25.5 Å². The van der Waals surface area contributed by atoms with Crippen molar-refractivity contribution >= 4 is 0 Å². The van der Waals surface area contributed by atoms with Crippen LogP contribution in [0.5, 0.6) is 0 Å². The second-order valence-corrected chi connectivity index (χ2v) is 4.04. The Morgan fingerprint density at radius 3 is 3.14 bits per heavy atom. The lowest BCUT2D eigenvalue weighted by Gasteiger charge is -2.13. The third-order valence-corrected chi connectivity index (χ3v) is 2.49. The van der Waals surface area contributed by atoms with Gasteiger partial charge in [0.15, 0.2) is 0 Å². The molecule has 0 aliphatic heterocycles. The van der Waals surface area contributed by atoms with Gasteiger partial charge in [0, 0.05) is 37.1 Å². The highest BCUT2D eigenvalue weighted by atomic mass is 15.0. The fourth-order valence-electron chi connectivity index (χ4n) is 1.37. The standard InChI is InChI=1S/C10H18N4/c1-8(4-13-9-2-3-9)12-6-10-5-11-7-14-10/h5,7-9,12-13H,2-4,6H2,1H3,(H,11,14). The zero-order valence-corrected chi connectivity index (χ0v) is 8.59. The molecule has 0 amide bonds. The van der Waals surface area contributed by atoms with Crippen molar-refractivity contribution in [2.75, 3.05) is 6.54 Å². The Labute approximate surface area is 84.5 Å². The number of nitrogens with zero attached hydrogens (tertiary/aromatic N) is 1. The summed E-state index contributed by atoms with van der Waals surface area (Å²) in [5, 5.41) is 6.93. The fraction of sp³-hybridized carbons (Fsp3) is 0.700. The van der Waals surface area contributed by atoms with Gasteiger partial charge >= 0.3 is 0 Å². The first-order valence-electron chi connectivity index (χ1n) is 5.28. The van der Waals surface area contributed by atoms with Crippen LogP contribution in [-0.4, -0.2) is 28.6 Å². The normalized spacial score (nSPS) is 18.4. The second kappa shape index (κ2) is 4.57. The molecule has 1 unspecified atom stereocenters. The Morgan fingerprint density at radius 1 is 1.64 bits per heavy atom. The van der Waals surface area contributed by atoms with Gasteiger partial charge in [-0.25, -0.2) is 4.98 Å². The lowest BCUT2D eigenvalue weighted by atomic mass is 10.3. The second-order valence-electron chi connectivity index (χ2n) is 4.04. The van der Waals surface area contributed by atoms with Gasteiger partial charge in [-0.3, -0.25) is 0 Å². The summed E-state index contributed by atoms with van der Waals surface area (Å²) in [6.07, 6.45) is 6.28. The predicted molar refractivity (Wildman–Crippen MR) is 55.9 cm³/mol. The Morgan fingerprint density at radius 2 is 2.50 bits per heavy atom. The van der Waals surface area contributed by atoms with E-state index >= 15 is 0 Å². The number of rotatable bonds is 6. The van der Waals surface area contributed by atoms with Crippen LogP contribution in [0.4, 0.5) is 0 Å². The average Bonchev–Trinajstić information content (AvgIpc) is 2.87. The van der Waals surface area contributed by atoms with Gasteiger partial charge in [0.2, 0.25) is 0 Å². The van der Waals surface area contributed by atoms with Crippen LogP contribution in [0.3, 0.4) is 0 Å². The smallest absolute Gasteiger partial charge is 0.0922 e. The number of H-pyrrole nitrogens is 1. The lowest BCUT2D eigenvalue weighted by molar-refractivity contribution is 0.497. The minimum absolute atomic E-state index is 0.513. The number of nitrogens with one attached hydrogen (secondary N) is 3. The molecule has 0 bridgehead atoms. The fourth-order valence-corrected chi connectivity index (χ4v) is 1.37. The molecule has 14 heavy (non-hydrogen) atoms. The molecule has 78 valence electrons. The molecule has 3 N–H and O–H groups in total. The zero-order valence-electron chi connectivity index (χ0n) is 8.59. The first kappa shape index (κ1) is 9.68. The first-order valence-corrected chi connectivity index (χ1v) is 5.28. The van der Waals surface area contributed by atoms with Crippen molar-refractivity contribution in [1.82, 2.24) is 20.6 Å². The predicted octanol–water partition coefficient (Wildman–Crippen LogP) is 0.640. The molecule has 1 atom stereocenters. The van der Waals surface area contributed by atoms with Crippen LogP contribution in [0, 0.1) is 0 Å². The third kappa shape index (κ3) is 3.12. The molecule has 4 heteroatoms. The minimum Gasteiger partial charge on any atom is -0.347 e. The Bertz CT molecular complexity index is 253. The number of hydrogen-bond donors (Lipinski definition) is 3. The average molecular weight is 194 g/mol. The van der Waals surface area contributed by atoms with Gasteiger partial charge in [-0.2, -0.15) is 0 Å². The van der Waals surface area contributed by atoms with Crippen molar-refractivity contribution in [3.8, 4) is 0 Å². The summed E-state index contributed by atoms with van der Waals surface area (Å²) in [6.45, 7) is 4.12.